The predicted molar refractivity (Wildman–Crippen MR) is 73.8 cm³/mol. The highest BCUT2D eigenvalue weighted by Gasteiger charge is 2.45. The summed E-state index contributed by atoms with van der Waals surface area (Å²) in [7, 11) is 0. The number of amides is 2. The third-order valence-corrected chi connectivity index (χ3v) is 4.99. The van der Waals surface area contributed by atoms with Gasteiger partial charge in [-0.15, -0.1) is 0 Å². The average molecular weight is 266 g/mol. The summed E-state index contributed by atoms with van der Waals surface area (Å²) < 4.78 is 0. The Morgan fingerprint density at radius 3 is 2.53 bits per heavy atom. The summed E-state index contributed by atoms with van der Waals surface area (Å²) in [5, 5.41) is 12.2. The number of carbonyl (C=O) groups excluding carboxylic acids is 1. The van der Waals surface area contributed by atoms with E-state index < -0.39 is 0 Å². The molecule has 0 bridgehead atoms. The van der Waals surface area contributed by atoms with Crippen molar-refractivity contribution < 1.29 is 9.90 Å². The van der Waals surface area contributed by atoms with Gasteiger partial charge in [-0.3, -0.25) is 0 Å². The summed E-state index contributed by atoms with van der Waals surface area (Å²) in [6.45, 7) is 0.554. The van der Waals surface area contributed by atoms with Gasteiger partial charge in [0.15, 0.2) is 0 Å². The highest BCUT2D eigenvalue weighted by Crippen LogP contribution is 2.44. The maximum atomic E-state index is 12.2. The van der Waals surface area contributed by atoms with E-state index >= 15 is 0 Å². The molecule has 0 radical (unpaired) electrons. The molecule has 0 heterocycles. The number of aliphatic hydroxyl groups is 1. The Bertz CT molecular complexity index is 324. The van der Waals surface area contributed by atoms with Crippen LogP contribution in [0.1, 0.15) is 51.4 Å². The number of rotatable bonds is 5. The maximum Gasteiger partial charge on any atom is 0.317 e. The third kappa shape index (κ3) is 3.22. The van der Waals surface area contributed by atoms with Crippen molar-refractivity contribution in [2.45, 2.75) is 63.5 Å². The molecule has 3 aliphatic rings. The molecule has 4 nitrogen and oxygen atoms in total. The number of urea groups is 1. The van der Waals surface area contributed by atoms with Gasteiger partial charge in [0.25, 0.3) is 0 Å². The fourth-order valence-electron chi connectivity index (χ4n) is 3.65. The lowest BCUT2D eigenvalue weighted by Crippen LogP contribution is -2.44. The summed E-state index contributed by atoms with van der Waals surface area (Å²) in [6.07, 6.45) is 10.2. The van der Waals surface area contributed by atoms with Crippen LogP contribution in [0.15, 0.2) is 0 Å². The van der Waals surface area contributed by atoms with Crippen LogP contribution in [-0.4, -0.2) is 41.3 Å². The van der Waals surface area contributed by atoms with Gasteiger partial charge in [-0.1, -0.05) is 32.1 Å². The first-order valence-electron chi connectivity index (χ1n) is 7.97. The summed E-state index contributed by atoms with van der Waals surface area (Å²) in [4.78, 5) is 14.0. The van der Waals surface area contributed by atoms with Gasteiger partial charge in [-0.25, -0.2) is 4.79 Å². The van der Waals surface area contributed by atoms with Crippen molar-refractivity contribution in [3.63, 3.8) is 0 Å². The minimum absolute atomic E-state index is 0.0554. The Morgan fingerprint density at radius 2 is 1.89 bits per heavy atom. The third-order valence-electron chi connectivity index (χ3n) is 4.99. The van der Waals surface area contributed by atoms with Crippen LogP contribution in [0, 0.1) is 11.8 Å². The first-order valence-corrected chi connectivity index (χ1v) is 7.97. The molecule has 2 N–H and O–H groups in total. The van der Waals surface area contributed by atoms with Gasteiger partial charge in [0.2, 0.25) is 0 Å². The predicted octanol–water partition coefficient (Wildman–Crippen LogP) is 2.12. The molecule has 2 atom stereocenters. The Kier molecular flexibility index (Phi) is 3.96. The van der Waals surface area contributed by atoms with E-state index in [1.807, 2.05) is 4.90 Å². The summed E-state index contributed by atoms with van der Waals surface area (Å²) in [5.74, 6) is 1.59. The van der Waals surface area contributed by atoms with Crippen molar-refractivity contribution in [2.24, 2.45) is 11.8 Å². The van der Waals surface area contributed by atoms with Crippen LogP contribution in [0.3, 0.4) is 0 Å². The minimum atomic E-state index is 0.0554. The van der Waals surface area contributed by atoms with Crippen LogP contribution in [0.4, 0.5) is 4.79 Å². The van der Waals surface area contributed by atoms with Crippen LogP contribution in [0.2, 0.25) is 0 Å². The van der Waals surface area contributed by atoms with Gasteiger partial charge in [0.05, 0.1) is 6.61 Å². The molecule has 0 aromatic heterocycles. The standard InChI is InChI=1S/C15H26N2O2/c18-9-8-17(12-6-7-12)15(19)16-14-10-13(14)11-4-2-1-3-5-11/h11-14,18H,1-10H2,(H,16,19)/t13-,14+/m1/s1. The van der Waals surface area contributed by atoms with E-state index in [1.165, 1.54) is 38.5 Å². The van der Waals surface area contributed by atoms with Crippen molar-refractivity contribution in [3.05, 3.63) is 0 Å². The normalized spacial score (nSPS) is 31.0. The molecule has 0 aromatic carbocycles. The molecule has 3 saturated carbocycles. The molecular formula is C15H26N2O2. The van der Waals surface area contributed by atoms with E-state index in [2.05, 4.69) is 5.32 Å². The van der Waals surface area contributed by atoms with Gasteiger partial charge < -0.3 is 15.3 Å². The van der Waals surface area contributed by atoms with E-state index in [4.69, 9.17) is 5.11 Å². The molecule has 0 unspecified atom stereocenters. The zero-order chi connectivity index (χ0) is 13.2. The fraction of sp³-hybridized carbons (Fsp3) is 0.933. The molecule has 108 valence electrons. The number of aliphatic hydroxyl groups excluding tert-OH is 1. The van der Waals surface area contributed by atoms with Gasteiger partial charge in [-0.05, 0) is 31.1 Å². The first-order chi connectivity index (χ1) is 9.29. The summed E-state index contributed by atoms with van der Waals surface area (Å²) >= 11 is 0. The number of nitrogens with one attached hydrogen (secondary N) is 1. The molecule has 3 aliphatic carbocycles. The number of carbonyl (C=O) groups is 1. The Hall–Kier alpha value is -0.770. The molecule has 0 aromatic rings. The van der Waals surface area contributed by atoms with Gasteiger partial charge in [-0.2, -0.15) is 0 Å². The topological polar surface area (TPSA) is 52.6 Å². The lowest BCUT2D eigenvalue weighted by atomic mass is 9.85. The van der Waals surface area contributed by atoms with Gasteiger partial charge >= 0.3 is 6.03 Å². The fourth-order valence-corrected chi connectivity index (χ4v) is 3.65. The second-order valence-corrected chi connectivity index (χ2v) is 6.50. The van der Waals surface area contributed by atoms with E-state index in [9.17, 15) is 4.79 Å². The monoisotopic (exact) mass is 266 g/mol. The molecule has 3 fully saturated rings. The molecular weight excluding hydrogens is 240 g/mol. The van der Waals surface area contributed by atoms with E-state index in [1.54, 1.807) is 0 Å². The zero-order valence-electron chi connectivity index (χ0n) is 11.7. The lowest BCUT2D eigenvalue weighted by molar-refractivity contribution is 0.172. The summed E-state index contributed by atoms with van der Waals surface area (Å²) in [5.41, 5.74) is 0. The van der Waals surface area contributed by atoms with Crippen molar-refractivity contribution in [2.75, 3.05) is 13.2 Å². The average Bonchev–Trinajstić information content (AvgIpc) is 3.31. The second kappa shape index (κ2) is 5.70. The lowest BCUT2D eigenvalue weighted by Gasteiger charge is -2.24. The number of hydrogen-bond acceptors (Lipinski definition) is 2. The van der Waals surface area contributed by atoms with Crippen LogP contribution in [-0.2, 0) is 0 Å². The van der Waals surface area contributed by atoms with Crippen molar-refractivity contribution >= 4 is 6.03 Å². The van der Waals surface area contributed by atoms with Crippen molar-refractivity contribution in [1.29, 1.82) is 0 Å². The van der Waals surface area contributed by atoms with Crippen LogP contribution in [0.25, 0.3) is 0 Å². The van der Waals surface area contributed by atoms with Crippen molar-refractivity contribution in [1.82, 2.24) is 10.2 Å². The Balaban J connectivity index is 1.45. The second-order valence-electron chi connectivity index (χ2n) is 6.50. The molecule has 4 heteroatoms. The molecule has 3 rings (SSSR count). The largest absolute Gasteiger partial charge is 0.395 e. The highest BCUT2D eigenvalue weighted by molar-refractivity contribution is 5.75. The zero-order valence-corrected chi connectivity index (χ0v) is 11.7. The van der Waals surface area contributed by atoms with Gasteiger partial charge in [0, 0.05) is 18.6 Å². The Morgan fingerprint density at radius 1 is 1.16 bits per heavy atom. The SMILES string of the molecule is O=C(N[C@H]1C[C@@H]1C1CCCCC1)N(CCO)C1CC1. The molecule has 2 amide bonds. The van der Waals surface area contributed by atoms with Crippen molar-refractivity contribution in [3.8, 4) is 0 Å². The first kappa shape index (κ1) is 13.2. The molecule has 0 spiro atoms. The Labute approximate surface area is 115 Å². The molecule has 19 heavy (non-hydrogen) atoms. The van der Waals surface area contributed by atoms with E-state index in [0.717, 1.165) is 24.7 Å². The van der Waals surface area contributed by atoms with Crippen LogP contribution in [0.5, 0.6) is 0 Å². The number of hydrogen-bond donors (Lipinski definition) is 2. The molecule has 0 saturated heterocycles. The van der Waals surface area contributed by atoms with E-state index in [-0.39, 0.29) is 12.6 Å². The summed E-state index contributed by atoms with van der Waals surface area (Å²) in [6, 6.07) is 0.856. The highest BCUT2D eigenvalue weighted by atomic mass is 16.3. The van der Waals surface area contributed by atoms with Crippen LogP contribution < -0.4 is 5.32 Å². The smallest absolute Gasteiger partial charge is 0.317 e. The van der Waals surface area contributed by atoms with Gasteiger partial charge in [0.1, 0.15) is 0 Å². The van der Waals surface area contributed by atoms with E-state index in [0.29, 0.717) is 18.6 Å². The maximum absolute atomic E-state index is 12.2. The number of nitrogens with zero attached hydrogens (tertiary/aromatic N) is 1. The van der Waals surface area contributed by atoms with Crippen LogP contribution >= 0.6 is 0 Å². The molecule has 0 aliphatic heterocycles. The minimum Gasteiger partial charge on any atom is -0.395 e. The quantitative estimate of drug-likeness (QED) is 0.801.